The number of nitrogens with one attached hydrogen (secondary N) is 2. The summed E-state index contributed by atoms with van der Waals surface area (Å²) in [4.78, 5) is 19.6. The number of nitriles is 1. The monoisotopic (exact) mass is 300 g/mol. The van der Waals surface area contributed by atoms with Crippen LogP contribution in [0.25, 0.3) is 0 Å². The lowest BCUT2D eigenvalue weighted by Crippen LogP contribution is -2.17. The van der Waals surface area contributed by atoms with E-state index in [9.17, 15) is 4.79 Å². The molecule has 0 aromatic carbocycles. The second-order valence-corrected chi connectivity index (χ2v) is 4.36. The number of aromatic nitrogens is 4. The summed E-state index contributed by atoms with van der Waals surface area (Å²) in [6.45, 7) is 3.09. The Morgan fingerprint density at radius 3 is 2.95 bits per heavy atom. The predicted octanol–water partition coefficient (Wildman–Crippen LogP) is 0.861. The molecule has 22 heavy (non-hydrogen) atoms. The fourth-order valence-electron chi connectivity index (χ4n) is 1.72. The Morgan fingerprint density at radius 2 is 2.32 bits per heavy atom. The van der Waals surface area contributed by atoms with Gasteiger partial charge < -0.3 is 16.4 Å². The quantitative estimate of drug-likeness (QED) is 0.645. The smallest absolute Gasteiger partial charge is 0.254 e. The van der Waals surface area contributed by atoms with Gasteiger partial charge in [0.1, 0.15) is 5.82 Å². The molecule has 1 amide bonds. The van der Waals surface area contributed by atoms with Crippen molar-refractivity contribution in [3.63, 3.8) is 0 Å². The number of anilines is 3. The number of amides is 1. The molecule has 0 aliphatic heterocycles. The van der Waals surface area contributed by atoms with Crippen LogP contribution < -0.4 is 16.4 Å². The highest BCUT2D eigenvalue weighted by atomic mass is 16.1. The van der Waals surface area contributed by atoms with E-state index in [2.05, 4.69) is 25.7 Å². The second-order valence-electron chi connectivity index (χ2n) is 4.36. The van der Waals surface area contributed by atoms with Crippen molar-refractivity contribution in [2.24, 2.45) is 5.73 Å². The minimum Gasteiger partial charge on any atom is -0.368 e. The van der Waals surface area contributed by atoms with Crippen LogP contribution in [0, 0.1) is 11.3 Å². The average molecular weight is 300 g/mol. The van der Waals surface area contributed by atoms with Crippen LogP contribution in [0.2, 0.25) is 0 Å². The van der Waals surface area contributed by atoms with Crippen LogP contribution in [0.15, 0.2) is 18.6 Å². The van der Waals surface area contributed by atoms with Crippen LogP contribution in [-0.4, -0.2) is 32.2 Å². The van der Waals surface area contributed by atoms with Gasteiger partial charge in [0.25, 0.3) is 5.91 Å². The van der Waals surface area contributed by atoms with Crippen molar-refractivity contribution in [2.45, 2.75) is 19.9 Å². The molecule has 0 aliphatic rings. The number of nitrogens with two attached hydrogens (primary N) is 1. The number of rotatable bonds is 7. The summed E-state index contributed by atoms with van der Waals surface area (Å²) >= 11 is 0. The van der Waals surface area contributed by atoms with Gasteiger partial charge in [-0.05, 0) is 6.92 Å². The topological polar surface area (TPSA) is 135 Å². The molecular formula is C13H16N8O. The highest BCUT2D eigenvalue weighted by Gasteiger charge is 2.12. The minimum atomic E-state index is -0.634. The summed E-state index contributed by atoms with van der Waals surface area (Å²) in [5.41, 5.74) is 6.19. The zero-order valence-electron chi connectivity index (χ0n) is 12.1. The second kappa shape index (κ2) is 7.03. The van der Waals surface area contributed by atoms with E-state index in [1.54, 1.807) is 10.9 Å². The molecule has 2 aromatic rings. The maximum atomic E-state index is 11.4. The third-order valence-electron chi connectivity index (χ3n) is 2.80. The molecule has 0 unspecified atom stereocenters. The molecule has 0 aliphatic carbocycles. The van der Waals surface area contributed by atoms with Gasteiger partial charge in [-0.2, -0.15) is 15.3 Å². The molecule has 2 aromatic heterocycles. The highest BCUT2D eigenvalue weighted by molar-refractivity contribution is 5.97. The van der Waals surface area contributed by atoms with Gasteiger partial charge >= 0.3 is 0 Å². The number of carbonyl (C=O) groups is 1. The van der Waals surface area contributed by atoms with Crippen molar-refractivity contribution in [1.82, 2.24) is 19.7 Å². The first-order valence-corrected chi connectivity index (χ1v) is 6.71. The molecular weight excluding hydrogens is 284 g/mol. The van der Waals surface area contributed by atoms with E-state index in [0.29, 0.717) is 18.3 Å². The van der Waals surface area contributed by atoms with Crippen molar-refractivity contribution < 1.29 is 4.79 Å². The van der Waals surface area contributed by atoms with Crippen molar-refractivity contribution in [1.29, 1.82) is 5.26 Å². The Labute approximate surface area is 127 Å². The number of aryl methyl sites for hydroxylation is 1. The maximum absolute atomic E-state index is 11.4. The van der Waals surface area contributed by atoms with Crippen LogP contribution in [-0.2, 0) is 6.54 Å². The van der Waals surface area contributed by atoms with Gasteiger partial charge in [-0.25, -0.2) is 4.98 Å². The summed E-state index contributed by atoms with van der Waals surface area (Å²) in [6.07, 6.45) is 5.09. The summed E-state index contributed by atoms with van der Waals surface area (Å²) < 4.78 is 1.76. The Morgan fingerprint density at radius 1 is 1.50 bits per heavy atom. The lowest BCUT2D eigenvalue weighted by molar-refractivity contribution is 0.100. The van der Waals surface area contributed by atoms with Crippen LogP contribution in [0.5, 0.6) is 0 Å². The molecule has 0 fully saturated rings. The molecule has 0 spiro atoms. The molecule has 9 heteroatoms. The van der Waals surface area contributed by atoms with Gasteiger partial charge in [0.2, 0.25) is 5.95 Å². The first kappa shape index (κ1) is 15.2. The van der Waals surface area contributed by atoms with Gasteiger partial charge in [-0.15, -0.1) is 0 Å². The zero-order chi connectivity index (χ0) is 15.9. The molecule has 0 saturated heterocycles. The third kappa shape index (κ3) is 3.69. The van der Waals surface area contributed by atoms with E-state index in [4.69, 9.17) is 11.0 Å². The molecule has 0 bridgehead atoms. The summed E-state index contributed by atoms with van der Waals surface area (Å²) in [5.74, 6) is -0.0342. The fourth-order valence-corrected chi connectivity index (χ4v) is 1.72. The molecule has 114 valence electrons. The highest BCUT2D eigenvalue weighted by Crippen LogP contribution is 2.17. The minimum absolute atomic E-state index is 0.174. The van der Waals surface area contributed by atoms with Gasteiger partial charge in [-0.1, -0.05) is 0 Å². The third-order valence-corrected chi connectivity index (χ3v) is 2.80. The van der Waals surface area contributed by atoms with E-state index >= 15 is 0 Å². The maximum Gasteiger partial charge on any atom is 0.254 e. The van der Waals surface area contributed by atoms with Crippen molar-refractivity contribution in [3.8, 4) is 6.07 Å². The Bertz CT molecular complexity index is 702. The van der Waals surface area contributed by atoms with Gasteiger partial charge in [0, 0.05) is 25.5 Å². The van der Waals surface area contributed by atoms with E-state index in [0.717, 1.165) is 12.2 Å². The lowest BCUT2D eigenvalue weighted by atomic mass is 10.3. The Hall–Kier alpha value is -3.15. The van der Waals surface area contributed by atoms with E-state index < -0.39 is 5.91 Å². The SMILES string of the molecule is CCn1cc(Nc2ncc(C(N)=O)c(NCCC#N)n2)cn1. The molecule has 2 heterocycles. The largest absolute Gasteiger partial charge is 0.368 e. The standard InChI is InChI=1S/C13H16N8O/c1-2-21-8-9(6-18-21)19-13-17-7-10(11(15)22)12(20-13)16-5-3-4-14/h6-8H,2-3,5H2,1H3,(H2,15,22)(H2,16,17,19,20). The van der Waals surface area contributed by atoms with Crippen LogP contribution in [0.3, 0.4) is 0 Å². The summed E-state index contributed by atoms with van der Waals surface area (Å²) in [6, 6.07) is 2.00. The fraction of sp³-hybridized carbons (Fsp3) is 0.308. The first-order valence-electron chi connectivity index (χ1n) is 6.71. The average Bonchev–Trinajstić information content (AvgIpc) is 2.95. The van der Waals surface area contributed by atoms with Crippen LogP contribution in [0.4, 0.5) is 17.5 Å². The Balaban J connectivity index is 2.19. The van der Waals surface area contributed by atoms with Crippen molar-refractivity contribution in [2.75, 3.05) is 17.2 Å². The van der Waals surface area contributed by atoms with Crippen molar-refractivity contribution >= 4 is 23.4 Å². The predicted molar refractivity (Wildman–Crippen MR) is 80.5 cm³/mol. The van der Waals surface area contributed by atoms with E-state index in [1.807, 2.05) is 19.2 Å². The molecule has 0 saturated carbocycles. The number of nitrogens with zero attached hydrogens (tertiary/aromatic N) is 5. The van der Waals surface area contributed by atoms with Gasteiger partial charge in [-0.3, -0.25) is 9.48 Å². The lowest BCUT2D eigenvalue weighted by Gasteiger charge is -2.09. The molecule has 2 rings (SSSR count). The van der Waals surface area contributed by atoms with Gasteiger partial charge in [0.15, 0.2) is 0 Å². The molecule has 0 radical (unpaired) electrons. The first-order chi connectivity index (χ1) is 10.6. The van der Waals surface area contributed by atoms with E-state index in [1.165, 1.54) is 6.20 Å². The molecule has 9 nitrogen and oxygen atoms in total. The number of primary amides is 1. The summed E-state index contributed by atoms with van der Waals surface area (Å²) in [7, 11) is 0. The van der Waals surface area contributed by atoms with Crippen LogP contribution in [0.1, 0.15) is 23.7 Å². The zero-order valence-corrected chi connectivity index (χ0v) is 12.1. The van der Waals surface area contributed by atoms with Crippen molar-refractivity contribution in [3.05, 3.63) is 24.2 Å². The van der Waals surface area contributed by atoms with Gasteiger partial charge in [0.05, 0.1) is 29.9 Å². The molecule has 4 N–H and O–H groups in total. The number of carbonyl (C=O) groups excluding carboxylic acids is 1. The van der Waals surface area contributed by atoms with E-state index in [-0.39, 0.29) is 12.0 Å². The Kier molecular flexibility index (Phi) is 4.87. The summed E-state index contributed by atoms with van der Waals surface area (Å²) in [5, 5.41) is 18.6. The molecule has 0 atom stereocenters. The number of hydrogen-bond donors (Lipinski definition) is 3. The van der Waals surface area contributed by atoms with Crippen LogP contribution >= 0.6 is 0 Å². The normalized spacial score (nSPS) is 10.0. The number of hydrogen-bond acceptors (Lipinski definition) is 7.